The fourth-order valence-corrected chi connectivity index (χ4v) is 2.69. The third-order valence-corrected chi connectivity index (χ3v) is 4.26. The number of halogens is 1. The molecule has 0 radical (unpaired) electrons. The molecule has 1 saturated carbocycles. The van der Waals surface area contributed by atoms with E-state index < -0.39 is 5.82 Å². The topological polar surface area (TPSA) is 52.5 Å². The van der Waals surface area contributed by atoms with Crippen molar-refractivity contribution in [3.05, 3.63) is 29.6 Å². The van der Waals surface area contributed by atoms with E-state index in [4.69, 9.17) is 0 Å². The predicted molar refractivity (Wildman–Crippen MR) is 72.4 cm³/mol. The highest BCUT2D eigenvalue weighted by Crippen LogP contribution is 2.32. The smallest absolute Gasteiger partial charge is 0.165 e. The van der Waals surface area contributed by atoms with Gasteiger partial charge in [-0.3, -0.25) is 0 Å². The Balaban J connectivity index is 2.02. The van der Waals surface area contributed by atoms with Crippen LogP contribution >= 0.6 is 0 Å². The fourth-order valence-electron chi connectivity index (χ4n) is 2.69. The molecule has 1 fully saturated rings. The summed E-state index contributed by atoms with van der Waals surface area (Å²) in [6.45, 7) is 2.67. The molecule has 0 aliphatic heterocycles. The predicted octanol–water partition coefficient (Wildman–Crippen LogP) is 2.56. The van der Waals surface area contributed by atoms with Crippen LogP contribution in [-0.4, -0.2) is 22.4 Å². The van der Waals surface area contributed by atoms with Gasteiger partial charge in [-0.25, -0.2) is 4.39 Å². The van der Waals surface area contributed by atoms with Crippen LogP contribution in [0.1, 0.15) is 38.2 Å². The molecular formula is C15H22FNO2. The Kier molecular flexibility index (Phi) is 4.42. The first-order valence-electron chi connectivity index (χ1n) is 6.88. The number of benzene rings is 1. The zero-order valence-electron chi connectivity index (χ0n) is 11.3. The lowest BCUT2D eigenvalue weighted by atomic mass is 9.77. The number of aromatic hydroxyl groups is 1. The Morgan fingerprint density at radius 3 is 2.68 bits per heavy atom. The van der Waals surface area contributed by atoms with Crippen molar-refractivity contribution in [2.45, 2.75) is 44.7 Å². The summed E-state index contributed by atoms with van der Waals surface area (Å²) >= 11 is 0. The van der Waals surface area contributed by atoms with Crippen molar-refractivity contribution in [3.8, 4) is 5.75 Å². The van der Waals surface area contributed by atoms with Crippen molar-refractivity contribution < 1.29 is 14.6 Å². The van der Waals surface area contributed by atoms with E-state index in [1.807, 2.05) is 0 Å². The molecule has 0 unspecified atom stereocenters. The Morgan fingerprint density at radius 1 is 1.37 bits per heavy atom. The van der Waals surface area contributed by atoms with Gasteiger partial charge < -0.3 is 15.5 Å². The van der Waals surface area contributed by atoms with Gasteiger partial charge in [0.25, 0.3) is 0 Å². The van der Waals surface area contributed by atoms with Gasteiger partial charge >= 0.3 is 0 Å². The van der Waals surface area contributed by atoms with E-state index in [0.717, 1.165) is 25.7 Å². The lowest BCUT2D eigenvalue weighted by Gasteiger charge is -2.39. The summed E-state index contributed by atoms with van der Waals surface area (Å²) in [7, 11) is 0. The van der Waals surface area contributed by atoms with E-state index in [-0.39, 0.29) is 17.9 Å². The average molecular weight is 267 g/mol. The molecule has 1 aliphatic rings. The van der Waals surface area contributed by atoms with E-state index in [9.17, 15) is 14.6 Å². The molecule has 3 nitrogen and oxygen atoms in total. The average Bonchev–Trinajstić information content (AvgIpc) is 2.43. The van der Waals surface area contributed by atoms with Crippen LogP contribution in [0.4, 0.5) is 4.39 Å². The van der Waals surface area contributed by atoms with E-state index >= 15 is 0 Å². The Labute approximate surface area is 113 Å². The van der Waals surface area contributed by atoms with Crippen molar-refractivity contribution in [1.29, 1.82) is 0 Å². The Morgan fingerprint density at radius 2 is 2.05 bits per heavy atom. The summed E-state index contributed by atoms with van der Waals surface area (Å²) in [5.41, 5.74) is 0.247. The first kappa shape index (κ1) is 14.3. The SMILES string of the molecule is CC1CCC(CO)(NCc2cccc(F)c2O)CC1. The maximum atomic E-state index is 13.2. The summed E-state index contributed by atoms with van der Waals surface area (Å²) in [4.78, 5) is 0. The van der Waals surface area contributed by atoms with Crippen LogP contribution in [0.2, 0.25) is 0 Å². The normalized spacial score (nSPS) is 27.4. The van der Waals surface area contributed by atoms with Crippen LogP contribution in [0, 0.1) is 11.7 Å². The molecular weight excluding hydrogens is 245 g/mol. The van der Waals surface area contributed by atoms with Crippen LogP contribution in [0.15, 0.2) is 18.2 Å². The van der Waals surface area contributed by atoms with Gasteiger partial charge in [-0.15, -0.1) is 0 Å². The molecule has 2 rings (SSSR count). The van der Waals surface area contributed by atoms with E-state index in [2.05, 4.69) is 12.2 Å². The van der Waals surface area contributed by atoms with Crippen molar-refractivity contribution in [2.75, 3.05) is 6.61 Å². The molecule has 106 valence electrons. The molecule has 0 amide bonds. The van der Waals surface area contributed by atoms with Gasteiger partial charge in [0.1, 0.15) is 0 Å². The van der Waals surface area contributed by atoms with Gasteiger partial charge in [0.15, 0.2) is 11.6 Å². The number of para-hydroxylation sites is 1. The number of hydrogen-bond acceptors (Lipinski definition) is 3. The summed E-state index contributed by atoms with van der Waals surface area (Å²) in [6, 6.07) is 4.52. The summed E-state index contributed by atoms with van der Waals surface area (Å²) in [5.74, 6) is -0.203. The summed E-state index contributed by atoms with van der Waals surface area (Å²) in [5, 5.41) is 22.6. The van der Waals surface area contributed by atoms with Gasteiger partial charge in [-0.1, -0.05) is 19.1 Å². The second kappa shape index (κ2) is 5.88. The maximum absolute atomic E-state index is 13.2. The third-order valence-electron chi connectivity index (χ3n) is 4.26. The molecule has 1 aromatic carbocycles. The van der Waals surface area contributed by atoms with E-state index in [1.165, 1.54) is 6.07 Å². The monoisotopic (exact) mass is 267 g/mol. The van der Waals surface area contributed by atoms with Gasteiger partial charge in [0.2, 0.25) is 0 Å². The van der Waals surface area contributed by atoms with Crippen molar-refractivity contribution in [1.82, 2.24) is 5.32 Å². The van der Waals surface area contributed by atoms with Crippen molar-refractivity contribution >= 4 is 0 Å². The van der Waals surface area contributed by atoms with Crippen LogP contribution in [-0.2, 0) is 6.54 Å². The second-order valence-electron chi connectivity index (χ2n) is 5.72. The number of phenolic OH excluding ortho intramolecular Hbond substituents is 1. The van der Waals surface area contributed by atoms with E-state index in [1.54, 1.807) is 12.1 Å². The molecule has 1 aromatic rings. The number of rotatable bonds is 4. The van der Waals surface area contributed by atoms with Crippen LogP contribution in [0.3, 0.4) is 0 Å². The van der Waals surface area contributed by atoms with Gasteiger partial charge in [0, 0.05) is 17.6 Å². The van der Waals surface area contributed by atoms with Crippen molar-refractivity contribution in [2.24, 2.45) is 5.92 Å². The molecule has 3 N–H and O–H groups in total. The van der Waals surface area contributed by atoms with E-state index in [0.29, 0.717) is 18.0 Å². The highest BCUT2D eigenvalue weighted by molar-refractivity contribution is 5.33. The summed E-state index contributed by atoms with van der Waals surface area (Å²) in [6.07, 6.45) is 4.01. The minimum Gasteiger partial charge on any atom is -0.505 e. The third kappa shape index (κ3) is 3.25. The maximum Gasteiger partial charge on any atom is 0.165 e. The quantitative estimate of drug-likeness (QED) is 0.786. The number of hydrogen-bond donors (Lipinski definition) is 3. The molecule has 0 spiro atoms. The van der Waals surface area contributed by atoms with Crippen LogP contribution in [0.25, 0.3) is 0 Å². The van der Waals surface area contributed by atoms with Gasteiger partial charge in [-0.2, -0.15) is 0 Å². The first-order valence-corrected chi connectivity index (χ1v) is 6.88. The number of aliphatic hydroxyl groups is 1. The van der Waals surface area contributed by atoms with Gasteiger partial charge in [0.05, 0.1) is 6.61 Å². The molecule has 1 aliphatic carbocycles. The first-order chi connectivity index (χ1) is 9.06. The fraction of sp³-hybridized carbons (Fsp3) is 0.600. The number of nitrogens with one attached hydrogen (secondary N) is 1. The zero-order valence-corrected chi connectivity index (χ0v) is 11.3. The standard InChI is InChI=1S/C15H22FNO2/c1-11-5-7-15(10-18,8-6-11)17-9-12-3-2-4-13(16)14(12)19/h2-4,11,17-19H,5-10H2,1H3. The van der Waals surface area contributed by atoms with Crippen molar-refractivity contribution in [3.63, 3.8) is 0 Å². The van der Waals surface area contributed by atoms with Crippen LogP contribution < -0.4 is 5.32 Å². The summed E-state index contributed by atoms with van der Waals surface area (Å²) < 4.78 is 13.2. The molecule has 0 saturated heterocycles. The Bertz CT molecular complexity index is 428. The Hall–Kier alpha value is -1.13. The molecule has 4 heteroatoms. The zero-order chi connectivity index (χ0) is 13.9. The number of phenols is 1. The lowest BCUT2D eigenvalue weighted by molar-refractivity contribution is 0.104. The molecule has 19 heavy (non-hydrogen) atoms. The molecule has 0 bridgehead atoms. The minimum absolute atomic E-state index is 0.0792. The van der Waals surface area contributed by atoms with Crippen LogP contribution in [0.5, 0.6) is 5.75 Å². The number of aliphatic hydroxyl groups excluding tert-OH is 1. The minimum atomic E-state index is -0.602. The largest absolute Gasteiger partial charge is 0.505 e. The molecule has 0 atom stereocenters. The highest BCUT2D eigenvalue weighted by Gasteiger charge is 2.33. The second-order valence-corrected chi connectivity index (χ2v) is 5.72. The van der Waals surface area contributed by atoms with Gasteiger partial charge in [-0.05, 0) is 37.7 Å². The molecule has 0 aromatic heterocycles. The highest BCUT2D eigenvalue weighted by atomic mass is 19.1. The molecule has 0 heterocycles. The lowest BCUT2D eigenvalue weighted by Crippen LogP contribution is -2.50.